The highest BCUT2D eigenvalue weighted by Gasteiger charge is 2.23. The third kappa shape index (κ3) is 2.65. The van der Waals surface area contributed by atoms with Crippen LogP contribution in [0.5, 0.6) is 0 Å². The van der Waals surface area contributed by atoms with Crippen molar-refractivity contribution in [1.82, 2.24) is 4.90 Å². The average molecular weight is 254 g/mol. The summed E-state index contributed by atoms with van der Waals surface area (Å²) in [5.41, 5.74) is 5.81. The van der Waals surface area contributed by atoms with E-state index < -0.39 is 5.97 Å². The molecule has 1 fully saturated rings. The second-order valence-electron chi connectivity index (χ2n) is 4.12. The summed E-state index contributed by atoms with van der Waals surface area (Å²) in [6.07, 6.45) is 1.85. The summed E-state index contributed by atoms with van der Waals surface area (Å²) < 4.78 is 0. The molecule has 5 nitrogen and oxygen atoms in total. The standard InChI is InChI=1S/C11H14N2O3S/c12-7-2-1-5-13(6-7)10(14)8-3-4-9(17-8)11(15)16/h3-4,7H,1-2,5-6,12H2,(H,15,16). The maximum absolute atomic E-state index is 12.1. The number of nitrogens with zero attached hydrogens (tertiary/aromatic N) is 1. The third-order valence-electron chi connectivity index (χ3n) is 2.77. The molecule has 1 aromatic heterocycles. The second-order valence-corrected chi connectivity index (χ2v) is 5.21. The third-order valence-corrected chi connectivity index (χ3v) is 3.83. The lowest BCUT2D eigenvalue weighted by Crippen LogP contribution is -2.45. The summed E-state index contributed by atoms with van der Waals surface area (Å²) >= 11 is 1.01. The van der Waals surface area contributed by atoms with Crippen molar-refractivity contribution in [3.63, 3.8) is 0 Å². The summed E-state index contributed by atoms with van der Waals surface area (Å²) in [6.45, 7) is 1.26. The van der Waals surface area contributed by atoms with Crippen LogP contribution >= 0.6 is 11.3 Å². The molecule has 0 spiro atoms. The fraction of sp³-hybridized carbons (Fsp3) is 0.455. The van der Waals surface area contributed by atoms with Gasteiger partial charge >= 0.3 is 5.97 Å². The van der Waals surface area contributed by atoms with Gasteiger partial charge in [0.2, 0.25) is 0 Å². The summed E-state index contributed by atoms with van der Waals surface area (Å²) in [5.74, 6) is -1.11. The van der Waals surface area contributed by atoms with Crippen LogP contribution in [-0.2, 0) is 0 Å². The molecule has 0 saturated carbocycles. The Kier molecular flexibility index (Phi) is 3.44. The number of hydrogen-bond acceptors (Lipinski definition) is 4. The molecular weight excluding hydrogens is 240 g/mol. The van der Waals surface area contributed by atoms with Crippen LogP contribution in [0.4, 0.5) is 0 Å². The number of thiophene rings is 1. The number of likely N-dealkylation sites (tertiary alicyclic amines) is 1. The smallest absolute Gasteiger partial charge is 0.345 e. The lowest BCUT2D eigenvalue weighted by Gasteiger charge is -2.30. The molecule has 2 rings (SSSR count). The molecule has 92 valence electrons. The van der Waals surface area contributed by atoms with Crippen molar-refractivity contribution in [1.29, 1.82) is 0 Å². The molecule has 6 heteroatoms. The van der Waals surface area contributed by atoms with Gasteiger partial charge in [0.15, 0.2) is 0 Å². The van der Waals surface area contributed by atoms with E-state index in [1.54, 1.807) is 11.0 Å². The summed E-state index contributed by atoms with van der Waals surface area (Å²) in [4.78, 5) is 25.2. The first-order valence-corrected chi connectivity index (χ1v) is 6.27. The molecule has 0 aliphatic carbocycles. The summed E-state index contributed by atoms with van der Waals surface area (Å²) in [7, 11) is 0. The Labute approximate surface area is 103 Å². The van der Waals surface area contributed by atoms with Gasteiger partial charge in [-0.1, -0.05) is 0 Å². The fourth-order valence-corrected chi connectivity index (χ4v) is 2.73. The molecule has 1 saturated heterocycles. The number of carboxylic acid groups (broad SMARTS) is 1. The Morgan fingerprint density at radius 3 is 2.71 bits per heavy atom. The molecule has 1 unspecified atom stereocenters. The van der Waals surface area contributed by atoms with E-state index in [4.69, 9.17) is 10.8 Å². The van der Waals surface area contributed by atoms with Gasteiger partial charge in [0.1, 0.15) is 4.88 Å². The van der Waals surface area contributed by atoms with Gasteiger partial charge in [-0.05, 0) is 25.0 Å². The van der Waals surface area contributed by atoms with Crippen molar-refractivity contribution >= 4 is 23.2 Å². The molecule has 1 aliphatic rings. The largest absolute Gasteiger partial charge is 0.477 e. The molecule has 1 amide bonds. The molecule has 1 aliphatic heterocycles. The number of carbonyl (C=O) groups excluding carboxylic acids is 1. The highest BCUT2D eigenvalue weighted by atomic mass is 32.1. The van der Waals surface area contributed by atoms with Crippen LogP contribution in [0.15, 0.2) is 12.1 Å². The van der Waals surface area contributed by atoms with E-state index in [1.165, 1.54) is 6.07 Å². The topological polar surface area (TPSA) is 83.6 Å². The van der Waals surface area contributed by atoms with Crippen LogP contribution in [-0.4, -0.2) is 41.0 Å². The minimum atomic E-state index is -0.996. The van der Waals surface area contributed by atoms with Crippen molar-refractivity contribution in [2.75, 3.05) is 13.1 Å². The first-order valence-electron chi connectivity index (χ1n) is 5.46. The second kappa shape index (κ2) is 4.85. The van der Waals surface area contributed by atoms with Crippen LogP contribution in [0.3, 0.4) is 0 Å². The van der Waals surface area contributed by atoms with Crippen molar-refractivity contribution < 1.29 is 14.7 Å². The Balaban J connectivity index is 2.10. The van der Waals surface area contributed by atoms with Crippen LogP contribution in [0.2, 0.25) is 0 Å². The predicted molar refractivity (Wildman–Crippen MR) is 64.4 cm³/mol. The number of carboxylic acids is 1. The van der Waals surface area contributed by atoms with E-state index in [-0.39, 0.29) is 16.8 Å². The molecule has 1 aromatic rings. The van der Waals surface area contributed by atoms with Crippen molar-refractivity contribution in [3.8, 4) is 0 Å². The zero-order chi connectivity index (χ0) is 12.4. The van der Waals surface area contributed by atoms with Gasteiger partial charge in [-0.2, -0.15) is 0 Å². The zero-order valence-corrected chi connectivity index (χ0v) is 10.1. The fourth-order valence-electron chi connectivity index (χ4n) is 1.92. The van der Waals surface area contributed by atoms with Gasteiger partial charge in [0.05, 0.1) is 4.88 Å². The first kappa shape index (κ1) is 12.1. The van der Waals surface area contributed by atoms with Gasteiger partial charge in [-0.3, -0.25) is 4.79 Å². The molecule has 2 heterocycles. The number of amides is 1. The Bertz CT molecular complexity index is 444. The Morgan fingerprint density at radius 2 is 2.12 bits per heavy atom. The van der Waals surface area contributed by atoms with E-state index in [2.05, 4.69) is 0 Å². The molecule has 0 radical (unpaired) electrons. The lowest BCUT2D eigenvalue weighted by molar-refractivity contribution is 0.0699. The van der Waals surface area contributed by atoms with Gasteiger partial charge < -0.3 is 15.7 Å². The van der Waals surface area contributed by atoms with E-state index >= 15 is 0 Å². The van der Waals surface area contributed by atoms with E-state index in [0.717, 1.165) is 24.2 Å². The van der Waals surface area contributed by atoms with Gasteiger partial charge in [-0.25, -0.2) is 4.79 Å². The number of carbonyl (C=O) groups is 2. The molecule has 0 aromatic carbocycles. The lowest BCUT2D eigenvalue weighted by atomic mass is 10.1. The molecule has 0 bridgehead atoms. The van der Waals surface area contributed by atoms with Crippen LogP contribution in [0.25, 0.3) is 0 Å². The van der Waals surface area contributed by atoms with Gasteiger partial charge in [0, 0.05) is 19.1 Å². The molecular formula is C11H14N2O3S. The Hall–Kier alpha value is -1.40. The van der Waals surface area contributed by atoms with Gasteiger partial charge in [0.25, 0.3) is 5.91 Å². The Morgan fingerprint density at radius 1 is 1.41 bits per heavy atom. The quantitative estimate of drug-likeness (QED) is 0.825. The maximum Gasteiger partial charge on any atom is 0.345 e. The minimum Gasteiger partial charge on any atom is -0.477 e. The summed E-state index contributed by atoms with van der Waals surface area (Å²) in [6, 6.07) is 3.06. The predicted octanol–water partition coefficient (Wildman–Crippen LogP) is 1.01. The monoisotopic (exact) mass is 254 g/mol. The van der Waals surface area contributed by atoms with Crippen LogP contribution in [0.1, 0.15) is 32.2 Å². The van der Waals surface area contributed by atoms with Crippen LogP contribution in [0, 0.1) is 0 Å². The van der Waals surface area contributed by atoms with Crippen molar-refractivity contribution in [2.24, 2.45) is 5.73 Å². The molecule has 3 N–H and O–H groups in total. The highest BCUT2D eigenvalue weighted by molar-refractivity contribution is 7.15. The number of aromatic carboxylic acids is 1. The summed E-state index contributed by atoms with van der Waals surface area (Å²) in [5, 5.41) is 8.80. The average Bonchev–Trinajstić information content (AvgIpc) is 2.77. The van der Waals surface area contributed by atoms with Crippen molar-refractivity contribution in [3.05, 3.63) is 21.9 Å². The number of hydrogen-bond donors (Lipinski definition) is 2. The molecule has 1 atom stereocenters. The van der Waals surface area contributed by atoms with E-state index in [9.17, 15) is 9.59 Å². The maximum atomic E-state index is 12.1. The van der Waals surface area contributed by atoms with E-state index in [0.29, 0.717) is 18.0 Å². The zero-order valence-electron chi connectivity index (χ0n) is 9.26. The SMILES string of the molecule is NC1CCCN(C(=O)c2ccc(C(=O)O)s2)C1. The number of rotatable bonds is 2. The normalized spacial score (nSPS) is 20.3. The van der Waals surface area contributed by atoms with Crippen LogP contribution < -0.4 is 5.73 Å². The first-order chi connectivity index (χ1) is 8.08. The number of nitrogens with two attached hydrogens (primary N) is 1. The van der Waals surface area contributed by atoms with E-state index in [1.807, 2.05) is 0 Å². The molecule has 17 heavy (non-hydrogen) atoms. The highest BCUT2D eigenvalue weighted by Crippen LogP contribution is 2.20. The minimum absolute atomic E-state index is 0.0339. The van der Waals surface area contributed by atoms with Crippen molar-refractivity contribution in [2.45, 2.75) is 18.9 Å². The van der Waals surface area contributed by atoms with Gasteiger partial charge in [-0.15, -0.1) is 11.3 Å². The number of piperidine rings is 1.